The van der Waals surface area contributed by atoms with Crippen LogP contribution in [0.15, 0.2) is 292 Å². The lowest BCUT2D eigenvalue weighted by molar-refractivity contribution is -0.688. The number of pyridine rings is 2. The van der Waals surface area contributed by atoms with E-state index in [9.17, 15) is 0 Å². The molecule has 0 saturated carbocycles. The first kappa shape index (κ1) is 81.1. The van der Waals surface area contributed by atoms with E-state index in [0.29, 0.717) is 64.7 Å². The number of ether oxygens (including phenoxy) is 6. The lowest BCUT2D eigenvalue weighted by Crippen LogP contribution is -2.33. The lowest BCUT2D eigenvalue weighted by atomic mass is 9.64. The van der Waals surface area contributed by atoms with Gasteiger partial charge in [0.15, 0.2) is 37.9 Å². The first-order valence-corrected chi connectivity index (χ1v) is 40.3. The van der Waals surface area contributed by atoms with Crippen LogP contribution in [0.4, 0.5) is 0 Å². The van der Waals surface area contributed by atoms with Crippen molar-refractivity contribution in [3.05, 3.63) is 381 Å². The minimum absolute atomic E-state index is 0.0320. The molecule has 0 aliphatic heterocycles. The molecular formula is C104H118N2O6+2. The molecule has 8 heteroatoms. The molecule has 0 amide bonds. The fourth-order valence-corrected chi connectivity index (χ4v) is 15.1. The zero-order chi connectivity index (χ0) is 79.3. The number of nitrogens with zero attached hydrogens (tertiary/aromatic N) is 2. The van der Waals surface area contributed by atoms with Gasteiger partial charge in [0.2, 0.25) is 0 Å². The molecule has 0 bridgehead atoms. The van der Waals surface area contributed by atoms with E-state index in [1.54, 1.807) is 0 Å². The first-order valence-electron chi connectivity index (χ1n) is 40.3. The van der Waals surface area contributed by atoms with Gasteiger partial charge < -0.3 is 28.4 Å². The Balaban J connectivity index is 0.564. The molecule has 0 saturated heterocycles. The Hall–Kier alpha value is -10.4. The van der Waals surface area contributed by atoms with Crippen LogP contribution >= 0.6 is 0 Å². The van der Waals surface area contributed by atoms with Crippen molar-refractivity contribution in [1.82, 2.24) is 0 Å². The van der Waals surface area contributed by atoms with E-state index in [4.69, 9.17) is 28.4 Å². The van der Waals surface area contributed by atoms with Crippen molar-refractivity contribution in [2.24, 2.45) is 0 Å². The summed E-state index contributed by atoms with van der Waals surface area (Å²) in [5, 5.41) is 0. The fraction of sp³-hybridized carbons (Fsp3) is 0.327. The maximum atomic E-state index is 6.30. The van der Waals surface area contributed by atoms with Crippen LogP contribution in [0, 0.1) is 0 Å². The monoisotopic (exact) mass is 1490 g/mol. The zero-order valence-corrected chi connectivity index (χ0v) is 69.3. The highest BCUT2D eigenvalue weighted by Gasteiger charge is 2.41. The van der Waals surface area contributed by atoms with E-state index in [1.807, 2.05) is 24.3 Å². The maximum Gasteiger partial charge on any atom is 0.173 e. The Morgan fingerprint density at radius 2 is 0.411 bits per heavy atom. The molecule has 0 N–H and O–H groups in total. The summed E-state index contributed by atoms with van der Waals surface area (Å²) in [7, 11) is 0. The number of hydrogen-bond donors (Lipinski definition) is 0. The van der Waals surface area contributed by atoms with Crippen molar-refractivity contribution in [2.45, 2.75) is 168 Å². The Kier molecular flexibility index (Phi) is 25.7. The minimum Gasteiger partial charge on any atom is -0.491 e. The highest BCUT2D eigenvalue weighted by molar-refractivity contribution is 5.64. The third kappa shape index (κ3) is 19.7. The number of rotatable bonds is 31. The zero-order valence-electron chi connectivity index (χ0n) is 69.3. The van der Waals surface area contributed by atoms with Gasteiger partial charge in [-0.25, -0.2) is 9.13 Å². The minimum atomic E-state index is -0.580. The second-order valence-electron chi connectivity index (χ2n) is 34.8. The molecule has 8 nitrogen and oxygen atoms in total. The molecule has 0 radical (unpaired) electrons. The average Bonchev–Trinajstić information content (AvgIpc) is 0.734. The van der Waals surface area contributed by atoms with Crippen molar-refractivity contribution >= 4 is 0 Å². The summed E-state index contributed by atoms with van der Waals surface area (Å²) in [5.74, 6) is 4.09. The molecule has 0 atom stereocenters. The van der Waals surface area contributed by atoms with Crippen LogP contribution in [0.5, 0.6) is 23.0 Å². The fourth-order valence-electron chi connectivity index (χ4n) is 15.1. The van der Waals surface area contributed by atoms with Crippen molar-refractivity contribution in [3.63, 3.8) is 0 Å². The van der Waals surface area contributed by atoms with E-state index in [1.165, 1.54) is 89.0 Å². The molecule has 578 valence electrons. The quantitative estimate of drug-likeness (QED) is 0.0245. The van der Waals surface area contributed by atoms with E-state index in [0.717, 1.165) is 47.2 Å². The lowest BCUT2D eigenvalue weighted by Gasteiger charge is -2.38. The smallest absolute Gasteiger partial charge is 0.173 e. The Labute approximate surface area is 669 Å². The molecule has 0 spiro atoms. The molecule has 0 aliphatic rings. The molecule has 0 unspecified atom stereocenters. The second kappa shape index (κ2) is 35.5. The van der Waals surface area contributed by atoms with Gasteiger partial charge in [0.25, 0.3) is 0 Å². The Bertz CT molecular complexity index is 4470. The summed E-state index contributed by atoms with van der Waals surface area (Å²) in [6.07, 6.45) is 8.56. The summed E-state index contributed by atoms with van der Waals surface area (Å²) < 4.78 is 41.2. The van der Waals surface area contributed by atoms with Gasteiger partial charge in [-0.2, -0.15) is 0 Å². The predicted molar refractivity (Wildman–Crippen MR) is 459 cm³/mol. The maximum absolute atomic E-state index is 6.30. The normalized spacial score (nSPS) is 12.3. The van der Waals surface area contributed by atoms with Gasteiger partial charge in [-0.1, -0.05) is 281 Å². The topological polar surface area (TPSA) is 63.1 Å². The van der Waals surface area contributed by atoms with Gasteiger partial charge in [-0.15, -0.1) is 0 Å². The van der Waals surface area contributed by atoms with Crippen molar-refractivity contribution < 1.29 is 37.6 Å². The first-order chi connectivity index (χ1) is 53.6. The number of benzene rings is 10. The number of aromatic nitrogens is 2. The van der Waals surface area contributed by atoms with E-state index < -0.39 is 10.8 Å². The largest absolute Gasteiger partial charge is 0.491 e. The van der Waals surface area contributed by atoms with Gasteiger partial charge in [0.1, 0.15) is 49.4 Å². The predicted octanol–water partition coefficient (Wildman–Crippen LogP) is 23.2. The standard InChI is InChI=1S/C104H118N2O6/c1-75(2)79-21-25-87(26-22-79)103(89-37-29-83(30-38-89)99(5,6)7,90-39-31-84(32-40-90)100(8,9)10)93-45-53-97(54-46-93)111-71-67-107-65-69-109-95-49-17-77(18-50-95)73-105-61-57-81(58-62-105)82-59-63-106(64-60-82)74-78-19-51-96(52-20-78)110-70-66-108-68-72-112-98-55-47-94(48-56-98)104(88-27-23-80(24-28-88)76(3)4,91-41-33-85(34-42-91)101(11,12)13)92-43-35-86(36-44-92)102(14,15)16/h17-64,75-76H,65-74H2,1-16H3/q+2. The van der Waals surface area contributed by atoms with Gasteiger partial charge >= 0.3 is 0 Å². The van der Waals surface area contributed by atoms with E-state index >= 15 is 0 Å². The van der Waals surface area contributed by atoms with Crippen LogP contribution in [0.2, 0.25) is 0 Å². The number of hydrogen-bond acceptors (Lipinski definition) is 6. The van der Waals surface area contributed by atoms with Crippen molar-refractivity contribution in [2.75, 3.05) is 52.9 Å². The molecule has 12 aromatic rings. The molecule has 0 aliphatic carbocycles. The molecule has 2 aromatic heterocycles. The van der Waals surface area contributed by atoms with E-state index in [2.05, 4.69) is 387 Å². The summed E-state index contributed by atoms with van der Waals surface area (Å²) >= 11 is 0. The Morgan fingerprint density at radius 3 is 0.616 bits per heavy atom. The van der Waals surface area contributed by atoms with Crippen LogP contribution in [0.3, 0.4) is 0 Å². The SMILES string of the molecule is CC(C)c1ccc(C(c2ccc(OCCOCCOc3ccc(C[n+]4ccc(-c5cc[n+](Cc6ccc(OCCOCCOc7ccc(C(c8ccc(C(C)C)cc8)(c8ccc(C(C)(C)C)cc8)c8ccc(C(C)(C)C)cc8)cc7)cc6)cc5)cc4)cc3)cc2)(c2ccc(C(C)(C)C)cc2)c2ccc(C(C)(C)C)cc2)cc1. The van der Waals surface area contributed by atoms with Crippen molar-refractivity contribution in [3.8, 4) is 34.1 Å². The summed E-state index contributed by atoms with van der Waals surface area (Å²) in [6.45, 7) is 41.4. The summed E-state index contributed by atoms with van der Waals surface area (Å²) in [5.41, 5.74) is 21.2. The van der Waals surface area contributed by atoms with Crippen LogP contribution in [0.1, 0.15) is 212 Å². The average molecular weight is 1490 g/mol. The summed E-state index contributed by atoms with van der Waals surface area (Å²) in [6, 6.07) is 98.4. The van der Waals surface area contributed by atoms with Crippen LogP contribution in [0.25, 0.3) is 11.1 Å². The molecular weight excluding hydrogens is 1370 g/mol. The molecule has 0 fully saturated rings. The highest BCUT2D eigenvalue weighted by Crippen LogP contribution is 2.49. The van der Waals surface area contributed by atoms with Gasteiger partial charge in [0, 0.05) is 35.4 Å². The van der Waals surface area contributed by atoms with Gasteiger partial charge in [-0.3, -0.25) is 0 Å². The van der Waals surface area contributed by atoms with Gasteiger partial charge in [0.05, 0.1) is 37.3 Å². The van der Waals surface area contributed by atoms with Crippen LogP contribution in [-0.2, 0) is 55.1 Å². The van der Waals surface area contributed by atoms with Crippen LogP contribution in [-0.4, -0.2) is 52.9 Å². The van der Waals surface area contributed by atoms with Crippen molar-refractivity contribution in [1.29, 1.82) is 0 Å². The molecule has 12 rings (SSSR count). The molecule has 2 heterocycles. The molecule has 112 heavy (non-hydrogen) atoms. The summed E-state index contributed by atoms with van der Waals surface area (Å²) in [4.78, 5) is 0. The van der Waals surface area contributed by atoms with E-state index in [-0.39, 0.29) is 21.7 Å². The molecule has 10 aromatic carbocycles. The Morgan fingerprint density at radius 1 is 0.223 bits per heavy atom. The third-order valence-electron chi connectivity index (χ3n) is 22.0. The third-order valence-corrected chi connectivity index (χ3v) is 22.0. The highest BCUT2D eigenvalue weighted by atomic mass is 16.5. The van der Waals surface area contributed by atoms with Gasteiger partial charge in [-0.05, 0) is 195 Å². The van der Waals surface area contributed by atoms with Crippen LogP contribution < -0.4 is 28.1 Å². The second-order valence-corrected chi connectivity index (χ2v) is 34.8.